The number of likely N-dealkylation sites (N-methyl/N-ethyl adjacent to an activating group) is 1. The van der Waals surface area contributed by atoms with Gasteiger partial charge in [0, 0.05) is 38.8 Å². The third-order valence-corrected chi connectivity index (χ3v) is 6.10. The minimum atomic E-state index is -0.171. The number of carbonyl (C=O) groups excluding carboxylic acids is 1. The van der Waals surface area contributed by atoms with Crippen LogP contribution in [0.4, 0.5) is 0 Å². The molecule has 0 spiro atoms. The highest BCUT2D eigenvalue weighted by Crippen LogP contribution is 2.28. The lowest BCUT2D eigenvalue weighted by molar-refractivity contribution is -0.132. The molecule has 1 aliphatic rings. The summed E-state index contributed by atoms with van der Waals surface area (Å²) in [5, 5.41) is 9.28. The predicted molar refractivity (Wildman–Crippen MR) is 105 cm³/mol. The Labute approximate surface area is 159 Å². The van der Waals surface area contributed by atoms with E-state index in [-0.39, 0.29) is 11.2 Å². The summed E-state index contributed by atoms with van der Waals surface area (Å²) in [4.78, 5) is 17.1. The zero-order valence-corrected chi connectivity index (χ0v) is 16.8. The average Bonchev–Trinajstić information content (AvgIpc) is 3.02. The highest BCUT2D eigenvalue weighted by atomic mass is 32.2. The van der Waals surface area contributed by atoms with Crippen LogP contribution in [0.15, 0.2) is 29.4 Å². The number of thioether (sulfide) groups is 1. The Hall–Kier alpha value is -1.86. The molecule has 140 valence electrons. The van der Waals surface area contributed by atoms with Gasteiger partial charge in [-0.2, -0.15) is 0 Å². The van der Waals surface area contributed by atoms with Crippen molar-refractivity contribution in [2.24, 2.45) is 7.05 Å². The first kappa shape index (κ1) is 18.9. The van der Waals surface area contributed by atoms with Gasteiger partial charge in [0.1, 0.15) is 0 Å². The van der Waals surface area contributed by atoms with Crippen LogP contribution in [0.1, 0.15) is 19.4 Å². The summed E-state index contributed by atoms with van der Waals surface area (Å²) in [6, 6.07) is 8.14. The molecule has 1 amide bonds. The summed E-state index contributed by atoms with van der Waals surface area (Å²) in [6.45, 7) is 10.8. The Morgan fingerprint density at radius 2 is 1.88 bits per heavy atom. The molecule has 0 N–H and O–H groups in total. The molecule has 0 bridgehead atoms. The number of rotatable bonds is 5. The molecule has 1 saturated heterocycles. The Morgan fingerprint density at radius 3 is 2.54 bits per heavy atom. The molecule has 6 nitrogen and oxygen atoms in total. The molecule has 1 unspecified atom stereocenters. The van der Waals surface area contributed by atoms with Crippen molar-refractivity contribution in [3.63, 3.8) is 0 Å². The summed E-state index contributed by atoms with van der Waals surface area (Å²) < 4.78 is 1.98. The summed E-state index contributed by atoms with van der Waals surface area (Å²) in [6.07, 6.45) is 0. The van der Waals surface area contributed by atoms with Gasteiger partial charge < -0.3 is 14.4 Å². The molecule has 0 aliphatic carbocycles. The summed E-state index contributed by atoms with van der Waals surface area (Å²) in [7, 11) is 1.96. The van der Waals surface area contributed by atoms with Crippen LogP contribution in [0.3, 0.4) is 0 Å². The van der Waals surface area contributed by atoms with E-state index in [1.807, 2.05) is 35.6 Å². The van der Waals surface area contributed by atoms with E-state index in [0.717, 1.165) is 54.8 Å². The zero-order valence-electron chi connectivity index (χ0n) is 16.0. The zero-order chi connectivity index (χ0) is 18.7. The van der Waals surface area contributed by atoms with Crippen LogP contribution in [-0.2, 0) is 11.8 Å². The Morgan fingerprint density at radius 1 is 1.19 bits per heavy atom. The number of benzene rings is 1. The van der Waals surface area contributed by atoms with Gasteiger partial charge in [0.15, 0.2) is 11.0 Å². The number of carbonyl (C=O) groups is 1. The molecule has 1 atom stereocenters. The first-order chi connectivity index (χ1) is 12.5. The Balaban J connectivity index is 1.68. The number of hydrogen-bond donors (Lipinski definition) is 0. The van der Waals surface area contributed by atoms with Crippen LogP contribution in [0.5, 0.6) is 0 Å². The molecule has 26 heavy (non-hydrogen) atoms. The SMILES string of the molecule is CCN1CCN(C(=O)C(C)Sc2nnc(-c3ccccc3C)n2C)CC1. The van der Waals surface area contributed by atoms with Gasteiger partial charge in [-0.15, -0.1) is 10.2 Å². The van der Waals surface area contributed by atoms with E-state index in [2.05, 4.69) is 41.1 Å². The lowest BCUT2D eigenvalue weighted by Gasteiger charge is -2.35. The maximum absolute atomic E-state index is 12.8. The van der Waals surface area contributed by atoms with Crippen molar-refractivity contribution >= 4 is 17.7 Å². The van der Waals surface area contributed by atoms with Crippen molar-refractivity contribution in [1.82, 2.24) is 24.6 Å². The number of nitrogens with zero attached hydrogens (tertiary/aromatic N) is 5. The molecular weight excluding hydrogens is 346 g/mol. The lowest BCUT2D eigenvalue weighted by Crippen LogP contribution is -2.50. The predicted octanol–water partition coefficient (Wildman–Crippen LogP) is 2.44. The number of hydrogen-bond acceptors (Lipinski definition) is 5. The highest BCUT2D eigenvalue weighted by molar-refractivity contribution is 8.00. The standard InChI is InChI=1S/C19H27N5OS/c1-5-23-10-12-24(13-11-23)18(25)15(3)26-19-21-20-17(22(19)4)16-9-7-6-8-14(16)2/h6-9,15H,5,10-13H2,1-4H3. The van der Waals surface area contributed by atoms with Crippen molar-refractivity contribution in [3.05, 3.63) is 29.8 Å². The van der Waals surface area contributed by atoms with Gasteiger partial charge in [0.25, 0.3) is 0 Å². The highest BCUT2D eigenvalue weighted by Gasteiger charge is 2.26. The van der Waals surface area contributed by atoms with Gasteiger partial charge in [-0.25, -0.2) is 0 Å². The minimum Gasteiger partial charge on any atom is -0.339 e. The second-order valence-corrected chi connectivity index (χ2v) is 8.01. The molecule has 0 radical (unpaired) electrons. The van der Waals surface area contributed by atoms with Crippen LogP contribution in [-0.4, -0.2) is 68.4 Å². The fourth-order valence-electron chi connectivity index (χ4n) is 3.23. The van der Waals surface area contributed by atoms with Crippen LogP contribution in [0.25, 0.3) is 11.4 Å². The molecule has 7 heteroatoms. The number of aryl methyl sites for hydroxylation is 1. The maximum Gasteiger partial charge on any atom is 0.235 e. The summed E-state index contributed by atoms with van der Waals surface area (Å²) in [5.74, 6) is 1.02. The van der Waals surface area contributed by atoms with Crippen LogP contribution in [0.2, 0.25) is 0 Å². The summed E-state index contributed by atoms with van der Waals surface area (Å²) >= 11 is 1.48. The first-order valence-electron chi connectivity index (χ1n) is 9.14. The fraction of sp³-hybridized carbons (Fsp3) is 0.526. The number of amides is 1. The first-order valence-corrected chi connectivity index (χ1v) is 10.0. The Bertz CT molecular complexity index is 767. The largest absolute Gasteiger partial charge is 0.339 e. The van der Waals surface area contributed by atoms with Crippen LogP contribution in [0, 0.1) is 6.92 Å². The Kier molecular flexibility index (Phi) is 5.98. The van der Waals surface area contributed by atoms with E-state index < -0.39 is 0 Å². The molecule has 1 aromatic heterocycles. The van der Waals surface area contributed by atoms with Crippen LogP contribution >= 0.6 is 11.8 Å². The van der Waals surface area contributed by atoms with E-state index in [1.54, 1.807) is 0 Å². The normalized spacial score (nSPS) is 16.7. The van der Waals surface area contributed by atoms with Gasteiger partial charge in [0.2, 0.25) is 5.91 Å². The number of piperazine rings is 1. The van der Waals surface area contributed by atoms with Gasteiger partial charge in [0.05, 0.1) is 5.25 Å². The average molecular weight is 374 g/mol. The molecular formula is C19H27N5OS. The molecule has 2 heterocycles. The third kappa shape index (κ3) is 3.94. The van der Waals surface area contributed by atoms with E-state index in [4.69, 9.17) is 0 Å². The molecule has 0 saturated carbocycles. The molecule has 3 rings (SSSR count). The smallest absolute Gasteiger partial charge is 0.235 e. The van der Waals surface area contributed by atoms with E-state index in [0.29, 0.717) is 0 Å². The van der Waals surface area contributed by atoms with Crippen molar-refractivity contribution < 1.29 is 4.79 Å². The van der Waals surface area contributed by atoms with Crippen molar-refractivity contribution in [3.8, 4) is 11.4 Å². The maximum atomic E-state index is 12.8. The summed E-state index contributed by atoms with van der Waals surface area (Å²) in [5.41, 5.74) is 2.24. The van der Waals surface area contributed by atoms with E-state index in [9.17, 15) is 4.79 Å². The lowest BCUT2D eigenvalue weighted by atomic mass is 10.1. The van der Waals surface area contributed by atoms with Crippen molar-refractivity contribution in [2.45, 2.75) is 31.2 Å². The van der Waals surface area contributed by atoms with Crippen molar-refractivity contribution in [2.75, 3.05) is 32.7 Å². The monoisotopic (exact) mass is 373 g/mol. The second-order valence-electron chi connectivity index (χ2n) is 6.70. The molecule has 2 aromatic rings. The molecule has 1 aromatic carbocycles. The second kappa shape index (κ2) is 8.22. The van der Waals surface area contributed by atoms with Gasteiger partial charge in [-0.1, -0.05) is 43.0 Å². The van der Waals surface area contributed by atoms with Gasteiger partial charge in [-0.3, -0.25) is 4.79 Å². The van der Waals surface area contributed by atoms with Crippen molar-refractivity contribution in [1.29, 1.82) is 0 Å². The molecule has 1 aliphatic heterocycles. The molecule has 1 fully saturated rings. The third-order valence-electron chi connectivity index (χ3n) is 4.98. The van der Waals surface area contributed by atoms with Crippen LogP contribution < -0.4 is 0 Å². The topological polar surface area (TPSA) is 54.3 Å². The van der Waals surface area contributed by atoms with E-state index in [1.165, 1.54) is 11.8 Å². The van der Waals surface area contributed by atoms with Gasteiger partial charge >= 0.3 is 0 Å². The fourth-order valence-corrected chi connectivity index (χ4v) is 4.12. The van der Waals surface area contributed by atoms with Gasteiger partial charge in [-0.05, 0) is 26.0 Å². The number of aromatic nitrogens is 3. The quantitative estimate of drug-likeness (QED) is 0.754. The minimum absolute atomic E-state index is 0.171. The van der Waals surface area contributed by atoms with E-state index >= 15 is 0 Å².